The quantitative estimate of drug-likeness (QED) is 0.592. The Morgan fingerprint density at radius 3 is 2.76 bits per heavy atom. The third-order valence-corrected chi connectivity index (χ3v) is 3.38. The highest BCUT2D eigenvalue weighted by Crippen LogP contribution is 2.27. The predicted octanol–water partition coefficient (Wildman–Crippen LogP) is 1.83. The molecule has 0 radical (unpaired) electrons. The van der Waals surface area contributed by atoms with Crippen LogP contribution >= 0.6 is 11.3 Å². The lowest BCUT2D eigenvalue weighted by atomic mass is 10.2. The number of nitrogens with one attached hydrogen (secondary N) is 2. The van der Waals surface area contributed by atoms with E-state index in [1.807, 2.05) is 18.4 Å². The zero-order valence-corrected chi connectivity index (χ0v) is 12.8. The van der Waals surface area contributed by atoms with Gasteiger partial charge in [-0.3, -0.25) is 9.79 Å². The molecule has 0 aliphatic carbocycles. The van der Waals surface area contributed by atoms with Crippen LogP contribution in [-0.2, 0) is 4.79 Å². The van der Waals surface area contributed by atoms with Gasteiger partial charge < -0.3 is 16.4 Å². The summed E-state index contributed by atoms with van der Waals surface area (Å²) in [5.74, 6) is 0.637. The van der Waals surface area contributed by atoms with E-state index in [-0.39, 0.29) is 5.91 Å². The van der Waals surface area contributed by atoms with Crippen LogP contribution in [0, 0.1) is 6.92 Å². The van der Waals surface area contributed by atoms with Gasteiger partial charge in [-0.25, -0.2) is 9.97 Å². The van der Waals surface area contributed by atoms with Crippen LogP contribution in [0.1, 0.15) is 12.5 Å². The molecule has 0 unspecified atom stereocenters. The van der Waals surface area contributed by atoms with Gasteiger partial charge in [-0.1, -0.05) is 6.07 Å². The molecule has 2 aromatic rings. The lowest BCUT2D eigenvalue weighted by Crippen LogP contribution is -2.21. The van der Waals surface area contributed by atoms with Crippen molar-refractivity contribution < 1.29 is 4.79 Å². The molecule has 0 aliphatic rings. The second-order valence-electron chi connectivity index (χ2n) is 4.31. The first kappa shape index (κ1) is 14.9. The van der Waals surface area contributed by atoms with Crippen LogP contribution in [0.15, 0.2) is 22.5 Å². The van der Waals surface area contributed by atoms with Gasteiger partial charge in [-0.2, -0.15) is 0 Å². The zero-order valence-electron chi connectivity index (χ0n) is 12.0. The van der Waals surface area contributed by atoms with Crippen molar-refractivity contribution in [1.82, 2.24) is 9.97 Å². The highest BCUT2D eigenvalue weighted by molar-refractivity contribution is 7.14. The molecule has 0 spiro atoms. The molecule has 0 atom stereocenters. The fourth-order valence-electron chi connectivity index (χ4n) is 1.64. The first-order chi connectivity index (χ1) is 9.99. The second kappa shape index (κ2) is 6.31. The summed E-state index contributed by atoms with van der Waals surface area (Å²) >= 11 is 1.41. The summed E-state index contributed by atoms with van der Waals surface area (Å²) in [5.41, 5.74) is 8.01. The summed E-state index contributed by atoms with van der Waals surface area (Å²) in [4.78, 5) is 23.8. The molecular formula is C13H16N6OS. The number of nitrogens with zero attached hydrogens (tertiary/aromatic N) is 3. The zero-order chi connectivity index (χ0) is 15.4. The molecule has 4 N–H and O–H groups in total. The van der Waals surface area contributed by atoms with E-state index >= 15 is 0 Å². The maximum Gasteiger partial charge on any atom is 0.222 e. The molecule has 0 bridgehead atoms. The fourth-order valence-corrected chi connectivity index (χ4v) is 2.35. The molecule has 21 heavy (non-hydrogen) atoms. The minimum Gasteiger partial charge on any atom is -0.370 e. The highest BCUT2D eigenvalue weighted by Gasteiger charge is 2.11. The van der Waals surface area contributed by atoms with E-state index in [1.54, 1.807) is 13.1 Å². The fraction of sp³-hybridized carbons (Fsp3) is 0.231. The number of thiazole rings is 1. The number of rotatable bonds is 3. The standard InChI is InChI=1S/C13H16N6OS/c1-7-4-5-10(16-8(2)20)18-11(7)9-6-21-13(17-9)19-12(14)15-3/h4-6H,1-3H3,(H,16,18,20)(H3,14,15,17,19). The van der Waals surface area contributed by atoms with E-state index < -0.39 is 0 Å². The van der Waals surface area contributed by atoms with E-state index in [2.05, 4.69) is 25.6 Å². The van der Waals surface area contributed by atoms with E-state index in [0.29, 0.717) is 16.9 Å². The maximum absolute atomic E-state index is 11.1. The Morgan fingerprint density at radius 1 is 1.33 bits per heavy atom. The average molecular weight is 304 g/mol. The van der Waals surface area contributed by atoms with Crippen molar-refractivity contribution in [2.75, 3.05) is 17.7 Å². The molecule has 1 amide bonds. The molecule has 0 saturated heterocycles. The minimum absolute atomic E-state index is 0.162. The van der Waals surface area contributed by atoms with Gasteiger partial charge in [0.2, 0.25) is 5.91 Å². The smallest absolute Gasteiger partial charge is 0.222 e. The molecule has 0 fully saturated rings. The van der Waals surface area contributed by atoms with Gasteiger partial charge in [-0.15, -0.1) is 11.3 Å². The van der Waals surface area contributed by atoms with Gasteiger partial charge in [0.1, 0.15) is 11.5 Å². The van der Waals surface area contributed by atoms with Crippen molar-refractivity contribution in [1.29, 1.82) is 0 Å². The summed E-state index contributed by atoms with van der Waals surface area (Å²) in [6.45, 7) is 3.38. The van der Waals surface area contributed by atoms with Crippen molar-refractivity contribution >= 4 is 34.2 Å². The number of nitrogens with two attached hydrogens (primary N) is 1. The number of hydrogen-bond acceptors (Lipinski definition) is 5. The Kier molecular flexibility index (Phi) is 4.49. The second-order valence-corrected chi connectivity index (χ2v) is 5.17. The normalized spacial score (nSPS) is 11.3. The number of anilines is 2. The predicted molar refractivity (Wildman–Crippen MR) is 85.6 cm³/mol. The summed E-state index contributed by atoms with van der Waals surface area (Å²) in [6.07, 6.45) is 0. The number of aliphatic imine (C=N–C) groups is 1. The Balaban J connectivity index is 2.31. The average Bonchev–Trinajstić information content (AvgIpc) is 2.88. The van der Waals surface area contributed by atoms with Crippen LogP contribution in [0.25, 0.3) is 11.4 Å². The van der Waals surface area contributed by atoms with E-state index in [1.165, 1.54) is 18.3 Å². The van der Waals surface area contributed by atoms with Crippen LogP contribution in [0.5, 0.6) is 0 Å². The molecule has 2 heterocycles. The summed E-state index contributed by atoms with van der Waals surface area (Å²) in [5, 5.41) is 8.06. The number of amides is 1. The van der Waals surface area contributed by atoms with E-state index in [4.69, 9.17) is 5.73 Å². The maximum atomic E-state index is 11.1. The Bertz CT molecular complexity index is 694. The largest absolute Gasteiger partial charge is 0.370 e. The van der Waals surface area contributed by atoms with Gasteiger partial charge >= 0.3 is 0 Å². The van der Waals surface area contributed by atoms with Gasteiger partial charge in [0.15, 0.2) is 11.1 Å². The lowest BCUT2D eigenvalue weighted by molar-refractivity contribution is -0.114. The minimum atomic E-state index is -0.162. The van der Waals surface area contributed by atoms with Gasteiger partial charge in [0, 0.05) is 19.4 Å². The lowest BCUT2D eigenvalue weighted by Gasteiger charge is -2.06. The number of carbonyl (C=O) groups is 1. The van der Waals surface area contributed by atoms with Crippen molar-refractivity contribution in [3.63, 3.8) is 0 Å². The summed E-state index contributed by atoms with van der Waals surface area (Å²) in [7, 11) is 1.60. The molecule has 0 saturated carbocycles. The van der Waals surface area contributed by atoms with Crippen molar-refractivity contribution in [2.24, 2.45) is 10.7 Å². The summed E-state index contributed by atoms with van der Waals surface area (Å²) < 4.78 is 0. The van der Waals surface area contributed by atoms with Gasteiger partial charge in [0.25, 0.3) is 0 Å². The van der Waals surface area contributed by atoms with Crippen LogP contribution < -0.4 is 16.4 Å². The molecular weight excluding hydrogens is 288 g/mol. The monoisotopic (exact) mass is 304 g/mol. The Hall–Kier alpha value is -2.48. The topological polar surface area (TPSA) is 105 Å². The molecule has 2 rings (SSSR count). The Morgan fingerprint density at radius 2 is 2.10 bits per heavy atom. The molecule has 110 valence electrons. The molecule has 0 aromatic carbocycles. The molecule has 2 aromatic heterocycles. The van der Waals surface area contributed by atoms with E-state index in [9.17, 15) is 4.79 Å². The van der Waals surface area contributed by atoms with Crippen molar-refractivity contribution in [3.05, 3.63) is 23.1 Å². The third-order valence-electron chi connectivity index (χ3n) is 2.62. The van der Waals surface area contributed by atoms with Crippen molar-refractivity contribution in [2.45, 2.75) is 13.8 Å². The van der Waals surface area contributed by atoms with Crippen LogP contribution in [0.3, 0.4) is 0 Å². The van der Waals surface area contributed by atoms with Gasteiger partial charge in [0.05, 0.1) is 5.69 Å². The van der Waals surface area contributed by atoms with E-state index in [0.717, 1.165) is 17.0 Å². The van der Waals surface area contributed by atoms with Crippen molar-refractivity contribution in [3.8, 4) is 11.4 Å². The van der Waals surface area contributed by atoms with Gasteiger partial charge in [-0.05, 0) is 18.6 Å². The SMILES string of the molecule is CN=C(N)Nc1nc(-c2nc(NC(C)=O)ccc2C)cs1. The molecule has 8 heteroatoms. The van der Waals surface area contributed by atoms with Crippen LogP contribution in [-0.4, -0.2) is 28.9 Å². The Labute approximate surface area is 126 Å². The first-order valence-corrected chi connectivity index (χ1v) is 7.08. The van der Waals surface area contributed by atoms with Crippen LogP contribution in [0.2, 0.25) is 0 Å². The van der Waals surface area contributed by atoms with Crippen LogP contribution in [0.4, 0.5) is 10.9 Å². The number of hydrogen-bond donors (Lipinski definition) is 3. The molecule has 0 aliphatic heterocycles. The number of aromatic nitrogens is 2. The number of carbonyl (C=O) groups excluding carboxylic acids is 1. The third kappa shape index (κ3) is 3.76. The molecule has 7 nitrogen and oxygen atoms in total. The number of pyridine rings is 1. The number of aryl methyl sites for hydroxylation is 1. The highest BCUT2D eigenvalue weighted by atomic mass is 32.1. The summed E-state index contributed by atoms with van der Waals surface area (Å²) in [6, 6.07) is 3.65. The number of guanidine groups is 1. The first-order valence-electron chi connectivity index (χ1n) is 6.20.